The Hall–Kier alpha value is -2.53. The SMILES string of the molecule is COC(=O)C[C@]1(COCc2ccccc2)CCc2c(OC)cc(C)cc2O1. The zero-order chi connectivity index (χ0) is 19.3. The summed E-state index contributed by atoms with van der Waals surface area (Å²) in [5.74, 6) is 1.27. The molecule has 5 heteroatoms. The first-order valence-corrected chi connectivity index (χ1v) is 9.10. The highest BCUT2D eigenvalue weighted by Gasteiger charge is 2.40. The van der Waals surface area contributed by atoms with Crippen LogP contribution in [-0.4, -0.2) is 32.4 Å². The number of esters is 1. The predicted octanol–water partition coefficient (Wildman–Crippen LogP) is 3.85. The maximum Gasteiger partial charge on any atom is 0.309 e. The molecular weight excluding hydrogens is 344 g/mol. The molecule has 0 unspecified atom stereocenters. The zero-order valence-corrected chi connectivity index (χ0v) is 16.1. The highest BCUT2D eigenvalue weighted by molar-refractivity contribution is 5.71. The Kier molecular flexibility index (Phi) is 6.01. The molecule has 0 saturated carbocycles. The first-order valence-electron chi connectivity index (χ1n) is 9.10. The number of fused-ring (bicyclic) bond motifs is 1. The summed E-state index contributed by atoms with van der Waals surface area (Å²) >= 11 is 0. The third kappa shape index (κ3) is 4.61. The van der Waals surface area contributed by atoms with Gasteiger partial charge in [-0.05, 0) is 43.0 Å². The maximum atomic E-state index is 12.0. The van der Waals surface area contributed by atoms with Crippen molar-refractivity contribution in [1.29, 1.82) is 0 Å². The van der Waals surface area contributed by atoms with Crippen LogP contribution in [0.4, 0.5) is 0 Å². The molecule has 0 N–H and O–H groups in total. The number of ether oxygens (including phenoxy) is 4. The van der Waals surface area contributed by atoms with E-state index < -0.39 is 5.60 Å². The van der Waals surface area contributed by atoms with Crippen LogP contribution in [0.15, 0.2) is 42.5 Å². The molecule has 0 saturated heterocycles. The Morgan fingerprint density at radius 1 is 1.19 bits per heavy atom. The van der Waals surface area contributed by atoms with Crippen LogP contribution < -0.4 is 9.47 Å². The quantitative estimate of drug-likeness (QED) is 0.693. The summed E-state index contributed by atoms with van der Waals surface area (Å²) in [7, 11) is 3.05. The summed E-state index contributed by atoms with van der Waals surface area (Å²) in [5.41, 5.74) is 2.42. The Balaban J connectivity index is 1.79. The van der Waals surface area contributed by atoms with Crippen molar-refractivity contribution < 1.29 is 23.7 Å². The van der Waals surface area contributed by atoms with Gasteiger partial charge in [0.05, 0.1) is 33.9 Å². The Morgan fingerprint density at radius 2 is 1.96 bits per heavy atom. The van der Waals surface area contributed by atoms with E-state index in [1.807, 2.05) is 49.4 Å². The largest absolute Gasteiger partial charge is 0.496 e. The molecule has 2 aromatic rings. The van der Waals surface area contributed by atoms with Crippen LogP contribution >= 0.6 is 0 Å². The van der Waals surface area contributed by atoms with Gasteiger partial charge in [-0.2, -0.15) is 0 Å². The van der Waals surface area contributed by atoms with Crippen molar-refractivity contribution >= 4 is 5.97 Å². The molecule has 0 aromatic heterocycles. The first kappa shape index (κ1) is 19.2. The van der Waals surface area contributed by atoms with E-state index in [2.05, 4.69) is 0 Å². The summed E-state index contributed by atoms with van der Waals surface area (Å²) in [4.78, 5) is 12.0. The molecular formula is C22H26O5. The van der Waals surface area contributed by atoms with Gasteiger partial charge in [0, 0.05) is 5.56 Å². The topological polar surface area (TPSA) is 54.0 Å². The van der Waals surface area contributed by atoms with Crippen LogP contribution in [0.25, 0.3) is 0 Å². The Morgan fingerprint density at radius 3 is 2.67 bits per heavy atom. The molecule has 144 valence electrons. The molecule has 0 fully saturated rings. The van der Waals surface area contributed by atoms with E-state index in [1.165, 1.54) is 7.11 Å². The molecule has 0 aliphatic carbocycles. The number of rotatable bonds is 7. The number of methoxy groups -OCH3 is 2. The minimum absolute atomic E-state index is 0.147. The first-order chi connectivity index (χ1) is 13.0. The second-order valence-corrected chi connectivity index (χ2v) is 6.96. The van der Waals surface area contributed by atoms with E-state index in [9.17, 15) is 4.79 Å². The van der Waals surface area contributed by atoms with Crippen LogP contribution in [-0.2, 0) is 27.3 Å². The van der Waals surface area contributed by atoms with Crippen LogP contribution in [0.3, 0.4) is 0 Å². The minimum atomic E-state index is -0.742. The fraction of sp³-hybridized carbons (Fsp3) is 0.409. The molecule has 5 nitrogen and oxygen atoms in total. The molecule has 27 heavy (non-hydrogen) atoms. The van der Waals surface area contributed by atoms with E-state index in [-0.39, 0.29) is 12.4 Å². The normalized spacial score (nSPS) is 18.3. The third-order valence-electron chi connectivity index (χ3n) is 4.86. The standard InChI is InChI=1S/C22H26O5/c1-16-11-19(24-2)18-9-10-22(13-21(23)25-3,27-20(18)12-16)15-26-14-17-7-5-4-6-8-17/h4-8,11-12H,9-10,13-15H2,1-3H3/t22-/m0/s1. The highest BCUT2D eigenvalue weighted by atomic mass is 16.6. The van der Waals surface area contributed by atoms with Gasteiger partial charge in [0.1, 0.15) is 17.1 Å². The smallest absolute Gasteiger partial charge is 0.309 e. The van der Waals surface area contributed by atoms with Crippen molar-refractivity contribution in [2.45, 2.75) is 38.4 Å². The van der Waals surface area contributed by atoms with E-state index in [0.717, 1.165) is 34.6 Å². The van der Waals surface area contributed by atoms with Crippen molar-refractivity contribution in [2.75, 3.05) is 20.8 Å². The summed E-state index contributed by atoms with van der Waals surface area (Å²) in [6.45, 7) is 2.78. The lowest BCUT2D eigenvalue weighted by Gasteiger charge is -2.38. The van der Waals surface area contributed by atoms with E-state index >= 15 is 0 Å². The molecule has 0 spiro atoms. The number of aryl methyl sites for hydroxylation is 1. The monoisotopic (exact) mass is 370 g/mol. The van der Waals surface area contributed by atoms with Crippen molar-refractivity contribution in [1.82, 2.24) is 0 Å². The number of hydrogen-bond donors (Lipinski definition) is 0. The van der Waals surface area contributed by atoms with Crippen molar-refractivity contribution in [2.24, 2.45) is 0 Å². The Bertz CT molecular complexity index is 787. The second-order valence-electron chi connectivity index (χ2n) is 6.96. The van der Waals surface area contributed by atoms with Gasteiger partial charge in [0.25, 0.3) is 0 Å². The lowest BCUT2D eigenvalue weighted by atomic mass is 9.88. The number of hydrogen-bond acceptors (Lipinski definition) is 5. The summed E-state index contributed by atoms with van der Waals surface area (Å²) in [6.07, 6.45) is 1.56. The fourth-order valence-corrected chi connectivity index (χ4v) is 3.45. The Labute approximate surface area is 160 Å². The second kappa shape index (κ2) is 8.44. The van der Waals surface area contributed by atoms with Crippen LogP contribution in [0.1, 0.15) is 29.5 Å². The average Bonchev–Trinajstić information content (AvgIpc) is 2.67. The van der Waals surface area contributed by atoms with Gasteiger partial charge in [-0.25, -0.2) is 0 Å². The molecule has 1 atom stereocenters. The molecule has 0 bridgehead atoms. The molecule has 1 aliphatic heterocycles. The maximum absolute atomic E-state index is 12.0. The highest BCUT2D eigenvalue weighted by Crippen LogP contribution is 2.41. The average molecular weight is 370 g/mol. The number of carbonyl (C=O) groups excluding carboxylic acids is 1. The fourth-order valence-electron chi connectivity index (χ4n) is 3.45. The van der Waals surface area contributed by atoms with Gasteiger partial charge in [-0.15, -0.1) is 0 Å². The van der Waals surface area contributed by atoms with Gasteiger partial charge in [-0.3, -0.25) is 4.79 Å². The number of carbonyl (C=O) groups is 1. The van der Waals surface area contributed by atoms with Gasteiger partial charge in [0.2, 0.25) is 0 Å². The molecule has 0 amide bonds. The lowest BCUT2D eigenvalue weighted by Crippen LogP contribution is -2.46. The third-order valence-corrected chi connectivity index (χ3v) is 4.86. The van der Waals surface area contributed by atoms with Gasteiger partial charge < -0.3 is 18.9 Å². The van der Waals surface area contributed by atoms with Crippen molar-refractivity contribution in [3.63, 3.8) is 0 Å². The molecule has 1 aliphatic rings. The van der Waals surface area contributed by atoms with E-state index in [0.29, 0.717) is 19.6 Å². The van der Waals surface area contributed by atoms with Gasteiger partial charge >= 0.3 is 5.97 Å². The minimum Gasteiger partial charge on any atom is -0.496 e. The van der Waals surface area contributed by atoms with Crippen LogP contribution in [0.2, 0.25) is 0 Å². The van der Waals surface area contributed by atoms with E-state index in [1.54, 1.807) is 7.11 Å². The predicted molar refractivity (Wildman–Crippen MR) is 102 cm³/mol. The molecule has 0 radical (unpaired) electrons. The van der Waals surface area contributed by atoms with E-state index in [4.69, 9.17) is 18.9 Å². The van der Waals surface area contributed by atoms with Crippen molar-refractivity contribution in [3.8, 4) is 11.5 Å². The van der Waals surface area contributed by atoms with Crippen LogP contribution in [0, 0.1) is 6.92 Å². The number of benzene rings is 2. The van der Waals surface area contributed by atoms with Crippen LogP contribution in [0.5, 0.6) is 11.5 Å². The molecule has 2 aromatic carbocycles. The van der Waals surface area contributed by atoms with Gasteiger partial charge in [0.15, 0.2) is 0 Å². The summed E-state index contributed by atoms with van der Waals surface area (Å²) < 4.78 is 22.7. The molecule has 1 heterocycles. The zero-order valence-electron chi connectivity index (χ0n) is 16.1. The van der Waals surface area contributed by atoms with Crippen molar-refractivity contribution in [3.05, 3.63) is 59.2 Å². The lowest BCUT2D eigenvalue weighted by molar-refractivity contribution is -0.148. The summed E-state index contributed by atoms with van der Waals surface area (Å²) in [5, 5.41) is 0. The molecule has 3 rings (SSSR count). The van der Waals surface area contributed by atoms with Gasteiger partial charge in [-0.1, -0.05) is 30.3 Å². The summed E-state index contributed by atoms with van der Waals surface area (Å²) in [6, 6.07) is 13.9.